The van der Waals surface area contributed by atoms with Gasteiger partial charge in [-0.05, 0) is 62.3 Å². The lowest BCUT2D eigenvalue weighted by Gasteiger charge is -2.14. The van der Waals surface area contributed by atoms with Gasteiger partial charge in [0.05, 0.1) is 12.2 Å². The van der Waals surface area contributed by atoms with Gasteiger partial charge in [-0.2, -0.15) is 5.21 Å². The summed E-state index contributed by atoms with van der Waals surface area (Å²) in [7, 11) is 0. The van der Waals surface area contributed by atoms with Crippen LogP contribution in [0.3, 0.4) is 0 Å². The summed E-state index contributed by atoms with van der Waals surface area (Å²) in [6.07, 6.45) is 5.49. The fourth-order valence-electron chi connectivity index (χ4n) is 4.61. The molecule has 0 aliphatic heterocycles. The van der Waals surface area contributed by atoms with Gasteiger partial charge in [-0.1, -0.05) is 69.7 Å². The lowest BCUT2D eigenvalue weighted by Crippen LogP contribution is -2.25. The number of nitrogens with zero attached hydrogens (tertiary/aromatic N) is 6. The van der Waals surface area contributed by atoms with Crippen LogP contribution in [0.4, 0.5) is 0 Å². The van der Waals surface area contributed by atoms with Crippen molar-refractivity contribution < 1.29 is 0 Å². The maximum atomic E-state index is 13.7. The third kappa shape index (κ3) is 4.91. The molecule has 5 rings (SSSR count). The highest BCUT2D eigenvalue weighted by molar-refractivity contribution is 9.10. The minimum Gasteiger partial charge on any atom is -0.292 e. The van der Waals surface area contributed by atoms with Gasteiger partial charge < -0.3 is 0 Å². The van der Waals surface area contributed by atoms with Crippen LogP contribution >= 0.6 is 15.9 Å². The summed E-state index contributed by atoms with van der Waals surface area (Å²) in [5, 5.41) is 14.3. The summed E-state index contributed by atoms with van der Waals surface area (Å²) in [5.74, 6) is 0.736. The van der Waals surface area contributed by atoms with Crippen LogP contribution in [0.25, 0.3) is 28.3 Å². The number of aromatic nitrogens is 7. The molecule has 188 valence electrons. The molecular formula is C28H28BrN7O. The van der Waals surface area contributed by atoms with Crippen molar-refractivity contribution in [3.63, 3.8) is 0 Å². The van der Waals surface area contributed by atoms with Crippen LogP contribution in [0, 0.1) is 0 Å². The van der Waals surface area contributed by atoms with Crippen molar-refractivity contribution in [3.05, 3.63) is 98.8 Å². The monoisotopic (exact) mass is 557 g/mol. The highest BCUT2D eigenvalue weighted by Gasteiger charge is 2.19. The summed E-state index contributed by atoms with van der Waals surface area (Å²) in [6.45, 7) is 6.92. The summed E-state index contributed by atoms with van der Waals surface area (Å²) in [6, 6.07) is 18.2. The maximum absolute atomic E-state index is 13.7. The predicted octanol–water partition coefficient (Wildman–Crippen LogP) is 5.77. The zero-order chi connectivity index (χ0) is 25.9. The molecule has 0 aliphatic carbocycles. The molecule has 0 unspecified atom stereocenters. The van der Waals surface area contributed by atoms with Crippen molar-refractivity contribution in [2.75, 3.05) is 0 Å². The van der Waals surface area contributed by atoms with E-state index in [-0.39, 0.29) is 11.6 Å². The average molecular weight is 558 g/mol. The number of hydrogen-bond donors (Lipinski definition) is 1. The SMILES string of the molecule is CCCc1cn(-c2c(Br)cccc2C(C)C)c(=O)n1Cc1ccc(-c2cccnc2-c2nn[nH]n2)cc1. The van der Waals surface area contributed by atoms with E-state index in [1.54, 1.807) is 10.8 Å². The van der Waals surface area contributed by atoms with Gasteiger partial charge in [0.2, 0.25) is 5.82 Å². The van der Waals surface area contributed by atoms with Gasteiger partial charge in [0.15, 0.2) is 0 Å². The molecule has 0 saturated heterocycles. The molecule has 37 heavy (non-hydrogen) atoms. The van der Waals surface area contributed by atoms with Crippen LogP contribution in [0.15, 0.2) is 76.3 Å². The van der Waals surface area contributed by atoms with Gasteiger partial charge in [-0.3, -0.25) is 14.1 Å². The highest BCUT2D eigenvalue weighted by atomic mass is 79.9. The molecule has 3 heterocycles. The number of benzene rings is 2. The van der Waals surface area contributed by atoms with E-state index in [0.29, 0.717) is 18.1 Å². The average Bonchev–Trinajstić information content (AvgIpc) is 3.54. The Morgan fingerprint density at radius 3 is 2.57 bits per heavy atom. The fourth-order valence-corrected chi connectivity index (χ4v) is 5.19. The quantitative estimate of drug-likeness (QED) is 0.261. The Morgan fingerprint density at radius 2 is 1.86 bits per heavy atom. The molecular weight excluding hydrogens is 530 g/mol. The van der Waals surface area contributed by atoms with E-state index in [0.717, 1.165) is 50.9 Å². The highest BCUT2D eigenvalue weighted by Crippen LogP contribution is 2.30. The largest absolute Gasteiger partial charge is 0.333 e. The molecule has 0 aliphatic rings. The number of tetrazole rings is 1. The molecule has 0 saturated carbocycles. The first kappa shape index (κ1) is 24.8. The third-order valence-corrected chi connectivity index (χ3v) is 7.06. The molecule has 0 amide bonds. The van der Waals surface area contributed by atoms with Crippen molar-refractivity contribution in [3.8, 4) is 28.3 Å². The minimum atomic E-state index is -0.0343. The molecule has 3 aromatic heterocycles. The number of imidazole rings is 1. The zero-order valence-electron chi connectivity index (χ0n) is 21.0. The van der Waals surface area contributed by atoms with Crippen molar-refractivity contribution in [1.82, 2.24) is 34.7 Å². The second-order valence-electron chi connectivity index (χ2n) is 9.27. The van der Waals surface area contributed by atoms with Crippen molar-refractivity contribution >= 4 is 15.9 Å². The summed E-state index contributed by atoms with van der Waals surface area (Å²) in [5.41, 5.74) is 6.65. The van der Waals surface area contributed by atoms with E-state index in [4.69, 9.17) is 0 Å². The van der Waals surface area contributed by atoms with E-state index in [1.165, 1.54) is 0 Å². The zero-order valence-corrected chi connectivity index (χ0v) is 22.6. The number of hydrogen-bond acceptors (Lipinski definition) is 5. The lowest BCUT2D eigenvalue weighted by atomic mass is 10.0. The number of nitrogens with one attached hydrogen (secondary N) is 1. The fraction of sp³-hybridized carbons (Fsp3) is 0.250. The van der Waals surface area contributed by atoms with Crippen LogP contribution in [-0.4, -0.2) is 34.7 Å². The van der Waals surface area contributed by atoms with Gasteiger partial charge in [-0.25, -0.2) is 4.79 Å². The Labute approximate surface area is 223 Å². The van der Waals surface area contributed by atoms with Crippen LogP contribution in [0.2, 0.25) is 0 Å². The maximum Gasteiger partial charge on any atom is 0.333 e. The molecule has 2 aromatic carbocycles. The Bertz CT molecular complexity index is 1570. The number of aromatic amines is 1. The van der Waals surface area contributed by atoms with Crippen LogP contribution < -0.4 is 5.69 Å². The first-order valence-electron chi connectivity index (χ1n) is 12.4. The molecule has 9 heteroatoms. The number of aryl methyl sites for hydroxylation is 1. The topological polar surface area (TPSA) is 94.3 Å². The van der Waals surface area contributed by atoms with E-state index in [1.807, 2.05) is 47.2 Å². The minimum absolute atomic E-state index is 0.0343. The Morgan fingerprint density at radius 1 is 1.05 bits per heavy atom. The number of pyridine rings is 1. The molecule has 8 nitrogen and oxygen atoms in total. The first-order chi connectivity index (χ1) is 18.0. The van der Waals surface area contributed by atoms with E-state index in [2.05, 4.69) is 80.5 Å². The molecule has 0 spiro atoms. The summed E-state index contributed by atoms with van der Waals surface area (Å²) in [4.78, 5) is 18.2. The first-order valence-corrected chi connectivity index (χ1v) is 13.1. The van der Waals surface area contributed by atoms with E-state index >= 15 is 0 Å². The summed E-state index contributed by atoms with van der Waals surface area (Å²) < 4.78 is 4.60. The van der Waals surface area contributed by atoms with Crippen molar-refractivity contribution in [2.24, 2.45) is 0 Å². The number of rotatable bonds is 8. The molecule has 0 bridgehead atoms. The Hall–Kier alpha value is -3.85. The summed E-state index contributed by atoms with van der Waals surface area (Å²) >= 11 is 3.69. The van der Waals surface area contributed by atoms with E-state index < -0.39 is 0 Å². The van der Waals surface area contributed by atoms with Gasteiger partial charge in [0.25, 0.3) is 0 Å². The third-order valence-electron chi connectivity index (χ3n) is 6.42. The van der Waals surface area contributed by atoms with Gasteiger partial charge >= 0.3 is 5.69 Å². The van der Waals surface area contributed by atoms with Gasteiger partial charge in [0, 0.05) is 28.1 Å². The molecule has 0 fully saturated rings. The number of halogens is 1. The van der Waals surface area contributed by atoms with Crippen LogP contribution in [-0.2, 0) is 13.0 Å². The normalized spacial score (nSPS) is 11.4. The Balaban J connectivity index is 1.51. The lowest BCUT2D eigenvalue weighted by molar-refractivity contribution is 0.690. The smallest absolute Gasteiger partial charge is 0.292 e. The standard InChI is InChI=1S/C28H28BrN7O/c1-4-7-21-17-36(26-22(18(2)3)8-5-10-24(26)29)28(37)35(21)16-19-11-13-20(14-12-19)23-9-6-15-30-25(23)27-31-33-34-32-27/h5-6,8-15,17-18H,4,7,16H2,1-3H3,(H,31,32,33,34). The second-order valence-corrected chi connectivity index (χ2v) is 10.1. The van der Waals surface area contributed by atoms with Crippen molar-refractivity contribution in [1.29, 1.82) is 0 Å². The Kier molecular flexibility index (Phi) is 7.14. The molecule has 0 atom stereocenters. The predicted molar refractivity (Wildman–Crippen MR) is 148 cm³/mol. The molecule has 0 radical (unpaired) electrons. The van der Waals surface area contributed by atoms with E-state index in [9.17, 15) is 4.79 Å². The molecule has 1 N–H and O–H groups in total. The van der Waals surface area contributed by atoms with Crippen molar-refractivity contribution in [2.45, 2.75) is 46.1 Å². The number of H-pyrrole nitrogens is 1. The number of para-hydroxylation sites is 1. The molecule has 5 aromatic rings. The van der Waals surface area contributed by atoms with Gasteiger partial charge in [-0.15, -0.1) is 10.2 Å². The van der Waals surface area contributed by atoms with Crippen LogP contribution in [0.1, 0.15) is 49.9 Å². The van der Waals surface area contributed by atoms with Crippen LogP contribution in [0.5, 0.6) is 0 Å². The van der Waals surface area contributed by atoms with Gasteiger partial charge in [0.1, 0.15) is 5.69 Å². The second kappa shape index (κ2) is 10.6.